The second kappa shape index (κ2) is 7.37. The normalized spacial score (nSPS) is 10.6. The first kappa shape index (κ1) is 14.1. The summed E-state index contributed by atoms with van der Waals surface area (Å²) < 4.78 is 9.82. The minimum Gasteiger partial charge on any atom is -0.504 e. The largest absolute Gasteiger partial charge is 0.504 e. The van der Waals surface area contributed by atoms with Gasteiger partial charge in [0.25, 0.3) is 0 Å². The maximum Gasteiger partial charge on any atom is 0.306 e. The number of esters is 1. The zero-order valence-corrected chi connectivity index (χ0v) is 10.7. The van der Waals surface area contributed by atoms with E-state index in [9.17, 15) is 9.90 Å². The molecule has 0 atom stereocenters. The van der Waals surface area contributed by atoms with Crippen molar-refractivity contribution in [3.8, 4) is 11.5 Å². The molecule has 0 fully saturated rings. The third-order valence-corrected chi connectivity index (χ3v) is 2.33. The van der Waals surface area contributed by atoms with Gasteiger partial charge in [-0.05, 0) is 31.0 Å². The number of carbonyl (C=O) groups excluding carboxylic acids is 1. The summed E-state index contributed by atoms with van der Waals surface area (Å²) in [4.78, 5) is 11.1. The Labute approximate surface area is 107 Å². The van der Waals surface area contributed by atoms with Crippen LogP contribution in [0.3, 0.4) is 0 Å². The fraction of sp³-hybridized carbons (Fsp3) is 0.357. The van der Waals surface area contributed by atoms with E-state index in [1.165, 1.54) is 7.11 Å². The van der Waals surface area contributed by atoms with Crippen LogP contribution in [0, 0.1) is 0 Å². The lowest BCUT2D eigenvalue weighted by molar-refractivity contribution is -0.142. The van der Waals surface area contributed by atoms with Gasteiger partial charge >= 0.3 is 5.97 Å². The molecule has 0 bridgehead atoms. The van der Waals surface area contributed by atoms with Crippen LogP contribution in [0.2, 0.25) is 0 Å². The number of hydrogen-bond acceptors (Lipinski definition) is 4. The lowest BCUT2D eigenvalue weighted by Crippen LogP contribution is -2.02. The number of hydrogen-bond donors (Lipinski definition) is 1. The number of benzene rings is 1. The average molecular weight is 250 g/mol. The number of rotatable bonds is 6. The second-order valence-electron chi connectivity index (χ2n) is 3.68. The molecule has 0 heterocycles. The number of carbonyl (C=O) groups is 1. The van der Waals surface area contributed by atoms with Crippen molar-refractivity contribution in [2.24, 2.45) is 0 Å². The first-order valence-electron chi connectivity index (χ1n) is 5.86. The van der Waals surface area contributed by atoms with Gasteiger partial charge in [0.1, 0.15) is 0 Å². The van der Waals surface area contributed by atoms with Gasteiger partial charge in [0, 0.05) is 6.42 Å². The summed E-state index contributed by atoms with van der Waals surface area (Å²) in [5.74, 6) is 0.356. The topological polar surface area (TPSA) is 55.8 Å². The molecule has 98 valence electrons. The lowest BCUT2D eigenvalue weighted by Gasteiger charge is -2.03. The zero-order valence-electron chi connectivity index (χ0n) is 10.7. The monoisotopic (exact) mass is 250 g/mol. The Bertz CT molecular complexity index is 424. The van der Waals surface area contributed by atoms with Gasteiger partial charge < -0.3 is 14.6 Å². The van der Waals surface area contributed by atoms with E-state index in [1.54, 1.807) is 25.1 Å². The van der Waals surface area contributed by atoms with Gasteiger partial charge in [-0.2, -0.15) is 0 Å². The number of allylic oxidation sites excluding steroid dienone is 1. The van der Waals surface area contributed by atoms with Crippen LogP contribution in [-0.4, -0.2) is 24.8 Å². The van der Waals surface area contributed by atoms with Crippen LogP contribution in [0.1, 0.15) is 25.3 Å². The molecule has 1 rings (SSSR count). The number of ether oxygens (including phenoxy) is 2. The molecule has 1 N–H and O–H groups in total. The molecule has 0 spiro atoms. The summed E-state index contributed by atoms with van der Waals surface area (Å²) in [6.07, 6.45) is 4.77. The minimum absolute atomic E-state index is 0.112. The predicted molar refractivity (Wildman–Crippen MR) is 69.6 cm³/mol. The van der Waals surface area contributed by atoms with Crippen molar-refractivity contribution in [3.05, 3.63) is 29.8 Å². The maximum absolute atomic E-state index is 11.1. The van der Waals surface area contributed by atoms with Crippen LogP contribution in [0.15, 0.2) is 24.3 Å². The zero-order chi connectivity index (χ0) is 13.4. The molecule has 1 aromatic rings. The minimum atomic E-state index is -0.189. The molecule has 4 nitrogen and oxygen atoms in total. The predicted octanol–water partition coefficient (Wildman–Crippen LogP) is 2.76. The van der Waals surface area contributed by atoms with E-state index >= 15 is 0 Å². The van der Waals surface area contributed by atoms with Gasteiger partial charge in [-0.15, -0.1) is 0 Å². The van der Waals surface area contributed by atoms with E-state index in [2.05, 4.69) is 0 Å². The van der Waals surface area contributed by atoms with E-state index in [0.29, 0.717) is 25.2 Å². The quantitative estimate of drug-likeness (QED) is 0.789. The number of phenols is 1. The van der Waals surface area contributed by atoms with Crippen molar-refractivity contribution >= 4 is 12.0 Å². The second-order valence-corrected chi connectivity index (χ2v) is 3.68. The molecule has 0 aromatic heterocycles. The van der Waals surface area contributed by atoms with Crippen molar-refractivity contribution in [2.45, 2.75) is 19.8 Å². The summed E-state index contributed by atoms with van der Waals surface area (Å²) in [6, 6.07) is 5.08. The van der Waals surface area contributed by atoms with Crippen LogP contribution in [0.25, 0.3) is 6.08 Å². The highest BCUT2D eigenvalue weighted by molar-refractivity contribution is 5.69. The van der Waals surface area contributed by atoms with Gasteiger partial charge in [0.2, 0.25) is 0 Å². The fourth-order valence-electron chi connectivity index (χ4n) is 1.45. The molecule has 4 heteroatoms. The summed E-state index contributed by atoms with van der Waals surface area (Å²) in [5.41, 5.74) is 0.911. The molecule has 0 aliphatic rings. The van der Waals surface area contributed by atoms with E-state index in [1.807, 2.05) is 12.2 Å². The van der Waals surface area contributed by atoms with Crippen LogP contribution in [-0.2, 0) is 9.53 Å². The van der Waals surface area contributed by atoms with Crippen molar-refractivity contribution in [3.63, 3.8) is 0 Å². The van der Waals surface area contributed by atoms with Crippen LogP contribution >= 0.6 is 0 Å². The molecule has 0 saturated carbocycles. The first-order chi connectivity index (χ1) is 8.67. The smallest absolute Gasteiger partial charge is 0.306 e. The molecular weight excluding hydrogens is 232 g/mol. The fourth-order valence-corrected chi connectivity index (χ4v) is 1.45. The molecular formula is C14H18O4. The van der Waals surface area contributed by atoms with Crippen molar-refractivity contribution in [2.75, 3.05) is 13.7 Å². The van der Waals surface area contributed by atoms with Gasteiger partial charge in [-0.3, -0.25) is 4.79 Å². The number of methoxy groups -OCH3 is 1. The van der Waals surface area contributed by atoms with E-state index in [0.717, 1.165) is 5.56 Å². The Morgan fingerprint density at radius 3 is 2.89 bits per heavy atom. The Kier molecular flexibility index (Phi) is 5.77. The highest BCUT2D eigenvalue weighted by Crippen LogP contribution is 2.26. The molecule has 0 saturated heterocycles. The third-order valence-electron chi connectivity index (χ3n) is 2.33. The van der Waals surface area contributed by atoms with Crippen LogP contribution in [0.5, 0.6) is 11.5 Å². The summed E-state index contributed by atoms with van der Waals surface area (Å²) in [7, 11) is 1.50. The molecule has 1 aromatic carbocycles. The maximum atomic E-state index is 11.1. The van der Waals surface area contributed by atoms with Gasteiger partial charge in [-0.1, -0.05) is 18.2 Å². The Morgan fingerprint density at radius 2 is 2.22 bits per heavy atom. The molecule has 0 amide bonds. The van der Waals surface area contributed by atoms with E-state index < -0.39 is 0 Å². The van der Waals surface area contributed by atoms with Crippen molar-refractivity contribution < 1.29 is 19.4 Å². The number of aromatic hydroxyl groups is 1. The van der Waals surface area contributed by atoms with Crippen LogP contribution in [0.4, 0.5) is 0 Å². The molecule has 18 heavy (non-hydrogen) atoms. The van der Waals surface area contributed by atoms with Gasteiger partial charge in [0.05, 0.1) is 13.7 Å². The Morgan fingerprint density at radius 1 is 1.44 bits per heavy atom. The summed E-state index contributed by atoms with van der Waals surface area (Å²) in [5, 5.41) is 9.43. The van der Waals surface area contributed by atoms with Crippen LogP contribution < -0.4 is 4.74 Å². The third kappa shape index (κ3) is 4.49. The Balaban J connectivity index is 2.49. The van der Waals surface area contributed by atoms with E-state index in [-0.39, 0.29) is 11.7 Å². The average Bonchev–Trinajstić information content (AvgIpc) is 2.37. The van der Waals surface area contributed by atoms with Crippen molar-refractivity contribution in [1.82, 2.24) is 0 Å². The SMILES string of the molecule is CCOC(=O)CC/C=C/c1ccc(O)c(OC)c1. The molecule has 0 aliphatic heterocycles. The first-order valence-corrected chi connectivity index (χ1v) is 5.86. The highest BCUT2D eigenvalue weighted by Gasteiger charge is 2.01. The molecule has 0 radical (unpaired) electrons. The standard InChI is InChI=1S/C14H18O4/c1-3-18-14(16)7-5-4-6-11-8-9-12(15)13(10-11)17-2/h4,6,8-10,15H,3,5,7H2,1-2H3/b6-4+. The highest BCUT2D eigenvalue weighted by atomic mass is 16.5. The van der Waals surface area contributed by atoms with E-state index in [4.69, 9.17) is 9.47 Å². The summed E-state index contributed by atoms with van der Waals surface area (Å²) in [6.45, 7) is 2.20. The number of phenolic OH excluding ortho intramolecular Hbond substituents is 1. The van der Waals surface area contributed by atoms with Crippen molar-refractivity contribution in [1.29, 1.82) is 0 Å². The van der Waals surface area contributed by atoms with Gasteiger partial charge in [-0.25, -0.2) is 0 Å². The lowest BCUT2D eigenvalue weighted by atomic mass is 10.1. The Hall–Kier alpha value is -1.97. The van der Waals surface area contributed by atoms with Gasteiger partial charge in [0.15, 0.2) is 11.5 Å². The molecule has 0 aliphatic carbocycles. The molecule has 0 unspecified atom stereocenters. The summed E-state index contributed by atoms with van der Waals surface area (Å²) >= 11 is 0.